The Labute approximate surface area is 193 Å². The van der Waals surface area contributed by atoms with E-state index in [-0.39, 0.29) is 9.79 Å². The lowest BCUT2D eigenvalue weighted by atomic mass is 10.0. The van der Waals surface area contributed by atoms with Crippen molar-refractivity contribution in [3.63, 3.8) is 0 Å². The van der Waals surface area contributed by atoms with Gasteiger partial charge in [-0.25, -0.2) is 16.8 Å². The van der Waals surface area contributed by atoms with E-state index in [1.165, 1.54) is 28.6 Å². The number of para-hydroxylation sites is 1. The largest absolute Gasteiger partial charge is 0.280 e. The maximum absolute atomic E-state index is 13.3. The number of nitrogens with zero attached hydrogens (tertiary/aromatic N) is 1. The van der Waals surface area contributed by atoms with E-state index in [0.717, 1.165) is 29.2 Å². The molecule has 1 heterocycles. The first-order valence-corrected chi connectivity index (χ1v) is 13.5. The SMILES string of the molecule is O=S(=O)(Nc1ccc(S(=O)(=O)N2CCCc3ccccc32)cc1)c1ccc2ccccc2c1. The molecule has 0 aromatic heterocycles. The summed E-state index contributed by atoms with van der Waals surface area (Å²) in [7, 11) is -7.58. The second-order valence-corrected chi connectivity index (χ2v) is 11.5. The minimum absolute atomic E-state index is 0.118. The molecule has 0 unspecified atom stereocenters. The Morgan fingerprint density at radius 2 is 1.36 bits per heavy atom. The number of rotatable bonds is 5. The van der Waals surface area contributed by atoms with E-state index in [2.05, 4.69) is 4.72 Å². The minimum Gasteiger partial charge on any atom is -0.280 e. The predicted octanol–water partition coefficient (Wildman–Crippen LogP) is 4.78. The van der Waals surface area contributed by atoms with E-state index < -0.39 is 20.0 Å². The molecule has 5 rings (SSSR count). The fourth-order valence-corrected chi connectivity index (χ4v) is 6.75. The van der Waals surface area contributed by atoms with Crippen LogP contribution in [0.2, 0.25) is 0 Å². The van der Waals surface area contributed by atoms with E-state index in [0.29, 0.717) is 17.9 Å². The van der Waals surface area contributed by atoms with Crippen LogP contribution in [0, 0.1) is 0 Å². The summed E-state index contributed by atoms with van der Waals surface area (Å²) in [6.45, 7) is 0.412. The van der Waals surface area contributed by atoms with Crippen LogP contribution in [0.15, 0.2) is 101 Å². The topological polar surface area (TPSA) is 83.5 Å². The Morgan fingerprint density at radius 1 is 0.697 bits per heavy atom. The van der Waals surface area contributed by atoms with Crippen molar-refractivity contribution >= 4 is 42.2 Å². The lowest BCUT2D eigenvalue weighted by molar-refractivity contribution is 0.586. The number of anilines is 2. The zero-order chi connectivity index (χ0) is 23.1. The van der Waals surface area contributed by atoms with Crippen molar-refractivity contribution in [3.05, 3.63) is 96.6 Å². The van der Waals surface area contributed by atoms with Gasteiger partial charge in [-0.15, -0.1) is 0 Å². The van der Waals surface area contributed by atoms with E-state index in [1.54, 1.807) is 18.2 Å². The Morgan fingerprint density at radius 3 is 2.15 bits per heavy atom. The van der Waals surface area contributed by atoms with Crippen LogP contribution in [0.4, 0.5) is 11.4 Å². The van der Waals surface area contributed by atoms with Crippen LogP contribution in [0.1, 0.15) is 12.0 Å². The smallest absolute Gasteiger partial charge is 0.264 e. The first-order chi connectivity index (χ1) is 15.8. The molecule has 1 aliphatic heterocycles. The van der Waals surface area contributed by atoms with Gasteiger partial charge in [-0.3, -0.25) is 9.03 Å². The molecule has 1 N–H and O–H groups in total. The van der Waals surface area contributed by atoms with E-state index in [1.807, 2.05) is 48.5 Å². The maximum Gasteiger partial charge on any atom is 0.264 e. The molecule has 8 heteroatoms. The molecule has 0 saturated carbocycles. The summed E-state index contributed by atoms with van der Waals surface area (Å²) in [5, 5.41) is 1.77. The quantitative estimate of drug-likeness (QED) is 0.447. The third-order valence-corrected chi connectivity index (χ3v) is 9.00. The van der Waals surface area contributed by atoms with Crippen LogP contribution in [0.5, 0.6) is 0 Å². The molecule has 0 spiro atoms. The highest BCUT2D eigenvalue weighted by Gasteiger charge is 2.29. The van der Waals surface area contributed by atoms with Gasteiger partial charge in [0.1, 0.15) is 0 Å². The molecule has 0 amide bonds. The van der Waals surface area contributed by atoms with Gasteiger partial charge in [0.2, 0.25) is 0 Å². The summed E-state index contributed by atoms with van der Waals surface area (Å²) >= 11 is 0. The highest BCUT2D eigenvalue weighted by molar-refractivity contribution is 7.93. The van der Waals surface area contributed by atoms with Crippen molar-refractivity contribution in [2.45, 2.75) is 22.6 Å². The molecule has 4 aromatic carbocycles. The van der Waals surface area contributed by atoms with Crippen molar-refractivity contribution in [2.24, 2.45) is 0 Å². The molecular weight excluding hydrogens is 456 g/mol. The summed E-state index contributed by atoms with van der Waals surface area (Å²) in [5.74, 6) is 0. The third-order valence-electron chi connectivity index (χ3n) is 5.79. The lowest BCUT2D eigenvalue weighted by Crippen LogP contribution is -2.35. The standard InChI is InChI=1S/C25H22N2O4S2/c28-32(29,24-14-11-19-6-1-2-8-21(19)18-24)26-22-12-15-23(16-13-22)33(30,31)27-17-5-9-20-7-3-4-10-25(20)27/h1-4,6-8,10-16,18,26H,5,9,17H2. The molecule has 0 saturated heterocycles. The number of hydrogen-bond donors (Lipinski definition) is 1. The molecular formula is C25H22N2O4S2. The first kappa shape index (κ1) is 21.5. The molecule has 33 heavy (non-hydrogen) atoms. The summed E-state index contributed by atoms with van der Waals surface area (Å²) in [6.07, 6.45) is 1.59. The Bertz CT molecular complexity index is 1550. The van der Waals surface area contributed by atoms with Gasteiger partial charge in [0.15, 0.2) is 0 Å². The molecule has 6 nitrogen and oxygen atoms in total. The van der Waals surface area contributed by atoms with Gasteiger partial charge in [0, 0.05) is 12.2 Å². The second kappa shape index (κ2) is 8.20. The number of hydrogen-bond acceptors (Lipinski definition) is 4. The number of sulfonamides is 2. The second-order valence-electron chi connectivity index (χ2n) is 7.95. The molecule has 4 aromatic rings. The Balaban J connectivity index is 1.40. The van der Waals surface area contributed by atoms with Crippen molar-refractivity contribution < 1.29 is 16.8 Å². The zero-order valence-electron chi connectivity index (χ0n) is 17.7. The average molecular weight is 479 g/mol. The molecule has 168 valence electrons. The van der Waals surface area contributed by atoms with Crippen molar-refractivity contribution in [1.82, 2.24) is 0 Å². The molecule has 1 aliphatic rings. The fourth-order valence-electron chi connectivity index (χ4n) is 4.12. The lowest BCUT2D eigenvalue weighted by Gasteiger charge is -2.30. The number of nitrogens with one attached hydrogen (secondary N) is 1. The van der Waals surface area contributed by atoms with Gasteiger partial charge in [0.25, 0.3) is 20.0 Å². The summed E-state index contributed by atoms with van der Waals surface area (Å²) in [6, 6.07) is 25.8. The van der Waals surface area contributed by atoms with Crippen LogP contribution in [-0.2, 0) is 26.5 Å². The fraction of sp³-hybridized carbons (Fsp3) is 0.120. The van der Waals surface area contributed by atoms with Crippen LogP contribution in [-0.4, -0.2) is 23.4 Å². The van der Waals surface area contributed by atoms with Gasteiger partial charge >= 0.3 is 0 Å². The first-order valence-electron chi connectivity index (χ1n) is 10.6. The molecule has 0 atom stereocenters. The minimum atomic E-state index is -3.82. The zero-order valence-corrected chi connectivity index (χ0v) is 19.3. The van der Waals surface area contributed by atoms with Crippen molar-refractivity contribution in [1.29, 1.82) is 0 Å². The molecule has 0 radical (unpaired) electrons. The summed E-state index contributed by atoms with van der Waals surface area (Å²) in [4.78, 5) is 0.260. The van der Waals surface area contributed by atoms with Gasteiger partial charge in [-0.05, 0) is 71.6 Å². The summed E-state index contributed by atoms with van der Waals surface area (Å²) < 4.78 is 56.3. The van der Waals surface area contributed by atoms with Crippen molar-refractivity contribution in [3.8, 4) is 0 Å². The Kier molecular flexibility index (Phi) is 5.34. The number of aryl methyl sites for hydroxylation is 1. The number of fused-ring (bicyclic) bond motifs is 2. The van der Waals surface area contributed by atoms with Gasteiger partial charge in [0.05, 0.1) is 15.5 Å². The highest BCUT2D eigenvalue weighted by Crippen LogP contribution is 2.32. The maximum atomic E-state index is 13.3. The molecule has 0 bridgehead atoms. The Hall–Kier alpha value is -3.36. The van der Waals surface area contributed by atoms with Crippen LogP contribution >= 0.6 is 0 Å². The molecule has 0 aliphatic carbocycles. The normalized spacial score (nSPS) is 14.1. The van der Waals surface area contributed by atoms with E-state index in [4.69, 9.17) is 0 Å². The van der Waals surface area contributed by atoms with Gasteiger partial charge < -0.3 is 0 Å². The predicted molar refractivity (Wildman–Crippen MR) is 130 cm³/mol. The van der Waals surface area contributed by atoms with E-state index in [9.17, 15) is 16.8 Å². The monoisotopic (exact) mass is 478 g/mol. The van der Waals surface area contributed by atoms with Crippen LogP contribution in [0.25, 0.3) is 10.8 Å². The van der Waals surface area contributed by atoms with E-state index >= 15 is 0 Å². The number of benzene rings is 4. The average Bonchev–Trinajstić information content (AvgIpc) is 2.83. The van der Waals surface area contributed by atoms with Crippen molar-refractivity contribution in [2.75, 3.05) is 15.6 Å². The van der Waals surface area contributed by atoms with Crippen LogP contribution in [0.3, 0.4) is 0 Å². The molecule has 0 fully saturated rings. The summed E-state index contributed by atoms with van der Waals surface area (Å²) in [5.41, 5.74) is 2.00. The highest BCUT2D eigenvalue weighted by atomic mass is 32.2. The van der Waals surface area contributed by atoms with Gasteiger partial charge in [-0.1, -0.05) is 48.5 Å². The third kappa shape index (κ3) is 4.07. The van der Waals surface area contributed by atoms with Crippen LogP contribution < -0.4 is 9.03 Å². The van der Waals surface area contributed by atoms with Gasteiger partial charge in [-0.2, -0.15) is 0 Å².